The van der Waals surface area contributed by atoms with Crippen LogP contribution >= 0.6 is 11.3 Å². The lowest BCUT2D eigenvalue weighted by molar-refractivity contribution is -0.384. The van der Waals surface area contributed by atoms with Gasteiger partial charge in [0.2, 0.25) is 0 Å². The Kier molecular flexibility index (Phi) is 5.59. The van der Waals surface area contributed by atoms with Crippen LogP contribution in [0.25, 0.3) is 0 Å². The molecule has 0 spiro atoms. The zero-order chi connectivity index (χ0) is 18.6. The van der Waals surface area contributed by atoms with Crippen LogP contribution in [0.5, 0.6) is 5.75 Å². The molecule has 0 saturated heterocycles. The van der Waals surface area contributed by atoms with Crippen molar-refractivity contribution in [2.75, 3.05) is 25.1 Å². The Morgan fingerprint density at radius 3 is 2.56 bits per heavy atom. The van der Waals surface area contributed by atoms with E-state index in [4.69, 9.17) is 4.74 Å². The van der Waals surface area contributed by atoms with Crippen LogP contribution in [-0.2, 0) is 19.6 Å². The highest BCUT2D eigenvalue weighted by atomic mass is 32.2. The van der Waals surface area contributed by atoms with Crippen molar-refractivity contribution in [2.45, 2.75) is 4.21 Å². The standard InChI is InChI=1S/C14H14N2O7S2/c1-22-12-6-5-10(16(18)19)8-11(12)15(9-13(17)23-2)25(20,21)14-4-3-7-24-14/h3-8H,9H2,1-2H3. The van der Waals surface area contributed by atoms with Crippen molar-refractivity contribution in [1.82, 2.24) is 0 Å². The first kappa shape index (κ1) is 18.7. The Morgan fingerprint density at radius 1 is 1.32 bits per heavy atom. The van der Waals surface area contributed by atoms with Crippen LogP contribution < -0.4 is 9.04 Å². The largest absolute Gasteiger partial charge is 0.495 e. The SMILES string of the molecule is COC(=O)CN(c1cc([N+](=O)[O-])ccc1OC)S(=O)(=O)c1cccs1. The highest BCUT2D eigenvalue weighted by molar-refractivity contribution is 7.94. The molecular formula is C14H14N2O7S2. The molecule has 0 amide bonds. The average Bonchev–Trinajstić information content (AvgIpc) is 3.14. The third kappa shape index (κ3) is 3.88. The topological polar surface area (TPSA) is 116 Å². The number of anilines is 1. The third-order valence-electron chi connectivity index (χ3n) is 3.18. The van der Waals surface area contributed by atoms with E-state index in [1.165, 1.54) is 25.3 Å². The molecule has 9 nitrogen and oxygen atoms in total. The second kappa shape index (κ2) is 7.49. The predicted molar refractivity (Wildman–Crippen MR) is 90.5 cm³/mol. The summed E-state index contributed by atoms with van der Waals surface area (Å²) in [5.41, 5.74) is -0.470. The number of thiophene rings is 1. The van der Waals surface area contributed by atoms with Gasteiger partial charge >= 0.3 is 5.97 Å². The molecule has 1 heterocycles. The normalized spacial score (nSPS) is 11.0. The quantitative estimate of drug-likeness (QED) is 0.406. The van der Waals surface area contributed by atoms with Gasteiger partial charge < -0.3 is 9.47 Å². The Hall–Kier alpha value is -2.66. The number of non-ortho nitro benzene ring substituents is 1. The molecule has 1 aromatic carbocycles. The highest BCUT2D eigenvalue weighted by Crippen LogP contribution is 2.36. The summed E-state index contributed by atoms with van der Waals surface area (Å²) in [6, 6.07) is 6.39. The molecule has 25 heavy (non-hydrogen) atoms. The Labute approximate surface area is 147 Å². The van der Waals surface area contributed by atoms with E-state index in [0.717, 1.165) is 28.8 Å². The van der Waals surface area contributed by atoms with Gasteiger partial charge in [-0.15, -0.1) is 11.3 Å². The van der Waals surface area contributed by atoms with E-state index >= 15 is 0 Å². The number of rotatable bonds is 7. The number of benzene rings is 1. The zero-order valence-electron chi connectivity index (χ0n) is 13.2. The zero-order valence-corrected chi connectivity index (χ0v) is 14.9. The molecule has 0 aliphatic heterocycles. The smallest absolute Gasteiger partial charge is 0.326 e. The minimum absolute atomic E-state index is 0.0232. The van der Waals surface area contributed by atoms with E-state index < -0.39 is 27.5 Å². The average molecular weight is 386 g/mol. The van der Waals surface area contributed by atoms with Crippen molar-refractivity contribution in [2.24, 2.45) is 0 Å². The summed E-state index contributed by atoms with van der Waals surface area (Å²) in [5.74, 6) is -0.761. The van der Waals surface area contributed by atoms with Gasteiger partial charge in [-0.3, -0.25) is 19.2 Å². The molecule has 0 N–H and O–H groups in total. The number of hydrogen-bond donors (Lipinski definition) is 0. The van der Waals surface area contributed by atoms with Gasteiger partial charge in [0, 0.05) is 12.1 Å². The van der Waals surface area contributed by atoms with Gasteiger partial charge in [0.25, 0.3) is 15.7 Å². The fourth-order valence-electron chi connectivity index (χ4n) is 1.99. The van der Waals surface area contributed by atoms with E-state index in [1.54, 1.807) is 11.4 Å². The summed E-state index contributed by atoms with van der Waals surface area (Å²) in [5, 5.41) is 12.6. The summed E-state index contributed by atoms with van der Waals surface area (Å²) in [7, 11) is -1.74. The highest BCUT2D eigenvalue weighted by Gasteiger charge is 2.31. The summed E-state index contributed by atoms with van der Waals surface area (Å²) < 4.78 is 36.2. The number of methoxy groups -OCH3 is 2. The molecule has 0 saturated carbocycles. The van der Waals surface area contributed by atoms with Crippen LogP contribution in [0.4, 0.5) is 11.4 Å². The number of carbonyl (C=O) groups excluding carboxylic acids is 1. The van der Waals surface area contributed by atoms with Gasteiger partial charge in [-0.1, -0.05) is 6.07 Å². The van der Waals surface area contributed by atoms with Crippen LogP contribution in [0.1, 0.15) is 0 Å². The first-order chi connectivity index (χ1) is 11.8. The Balaban J connectivity index is 2.66. The van der Waals surface area contributed by atoms with Crippen molar-refractivity contribution in [3.8, 4) is 5.75 Å². The molecule has 11 heteroatoms. The fourth-order valence-corrected chi connectivity index (χ4v) is 4.50. The third-order valence-corrected chi connectivity index (χ3v) is 6.31. The number of ether oxygens (including phenoxy) is 2. The number of nitro groups is 1. The van der Waals surface area contributed by atoms with E-state index in [0.29, 0.717) is 0 Å². The van der Waals surface area contributed by atoms with Crippen molar-refractivity contribution in [3.63, 3.8) is 0 Å². The lowest BCUT2D eigenvalue weighted by Gasteiger charge is -2.24. The molecule has 0 bridgehead atoms. The number of esters is 1. The molecule has 0 aliphatic rings. The van der Waals surface area contributed by atoms with Crippen LogP contribution in [0.15, 0.2) is 39.9 Å². The second-order valence-electron chi connectivity index (χ2n) is 4.63. The van der Waals surface area contributed by atoms with Gasteiger partial charge in [0.15, 0.2) is 0 Å². The van der Waals surface area contributed by atoms with Crippen molar-refractivity contribution < 1.29 is 27.6 Å². The Morgan fingerprint density at radius 2 is 2.04 bits per heavy atom. The fraction of sp³-hybridized carbons (Fsp3) is 0.214. The molecule has 0 radical (unpaired) electrons. The first-order valence-corrected chi connectivity index (χ1v) is 9.08. The number of nitrogens with zero attached hydrogens (tertiary/aromatic N) is 2. The molecule has 0 fully saturated rings. The van der Waals surface area contributed by atoms with Crippen LogP contribution in [0.3, 0.4) is 0 Å². The molecule has 0 atom stereocenters. The van der Waals surface area contributed by atoms with E-state index in [2.05, 4.69) is 4.74 Å². The molecule has 134 valence electrons. The monoisotopic (exact) mass is 386 g/mol. The van der Waals surface area contributed by atoms with Crippen LogP contribution in [0.2, 0.25) is 0 Å². The van der Waals surface area contributed by atoms with Gasteiger partial charge in [-0.25, -0.2) is 8.42 Å². The molecular weight excluding hydrogens is 372 g/mol. The first-order valence-electron chi connectivity index (χ1n) is 6.76. The number of nitro benzene ring substituents is 1. The second-order valence-corrected chi connectivity index (χ2v) is 7.67. The number of sulfonamides is 1. The minimum atomic E-state index is -4.14. The lowest BCUT2D eigenvalue weighted by Crippen LogP contribution is -2.36. The van der Waals surface area contributed by atoms with Gasteiger partial charge in [0.1, 0.15) is 22.2 Å². The van der Waals surface area contributed by atoms with Gasteiger partial charge in [0.05, 0.1) is 19.1 Å². The minimum Gasteiger partial charge on any atom is -0.495 e. The summed E-state index contributed by atoms with van der Waals surface area (Å²) in [6.45, 7) is -0.658. The summed E-state index contributed by atoms with van der Waals surface area (Å²) >= 11 is 0.955. The lowest BCUT2D eigenvalue weighted by atomic mass is 10.2. The number of carbonyl (C=O) groups is 1. The van der Waals surface area contributed by atoms with Gasteiger partial charge in [-0.05, 0) is 17.5 Å². The van der Waals surface area contributed by atoms with Gasteiger partial charge in [-0.2, -0.15) is 0 Å². The van der Waals surface area contributed by atoms with E-state index in [1.807, 2.05) is 0 Å². The maximum Gasteiger partial charge on any atom is 0.326 e. The molecule has 2 aromatic rings. The predicted octanol–water partition coefficient (Wildman–Crippen LogP) is 2.03. The van der Waals surface area contributed by atoms with E-state index in [9.17, 15) is 23.3 Å². The molecule has 2 rings (SSSR count). The summed E-state index contributed by atoms with van der Waals surface area (Å²) in [6.07, 6.45) is 0. The van der Waals surface area contributed by atoms with Crippen molar-refractivity contribution in [3.05, 3.63) is 45.8 Å². The van der Waals surface area contributed by atoms with Crippen molar-refractivity contribution >= 4 is 38.7 Å². The summed E-state index contributed by atoms with van der Waals surface area (Å²) in [4.78, 5) is 22.1. The van der Waals surface area contributed by atoms with Crippen molar-refractivity contribution in [1.29, 1.82) is 0 Å². The van der Waals surface area contributed by atoms with Crippen LogP contribution in [-0.4, -0.2) is 40.1 Å². The number of hydrogen-bond acceptors (Lipinski definition) is 8. The maximum atomic E-state index is 12.9. The molecule has 0 aliphatic carbocycles. The van der Waals surface area contributed by atoms with Crippen LogP contribution in [0, 0.1) is 10.1 Å². The van der Waals surface area contributed by atoms with E-state index in [-0.39, 0.29) is 21.3 Å². The Bertz CT molecular complexity index is 879. The molecule has 1 aromatic heterocycles. The molecule has 0 unspecified atom stereocenters. The maximum absolute atomic E-state index is 12.9.